The van der Waals surface area contributed by atoms with Crippen LogP contribution in [0.15, 0.2) is 59.5 Å². The number of amides is 1. The van der Waals surface area contributed by atoms with Crippen LogP contribution in [0.4, 0.5) is 5.69 Å². The Morgan fingerprint density at radius 1 is 1.04 bits per heavy atom. The number of anilines is 1. The van der Waals surface area contributed by atoms with Crippen LogP contribution in [0.1, 0.15) is 31.2 Å². The molecule has 5 nitrogen and oxygen atoms in total. The van der Waals surface area contributed by atoms with Gasteiger partial charge >= 0.3 is 0 Å². The number of benzene rings is 2. The Hall–Kier alpha value is -2.34. The minimum absolute atomic E-state index is 0.185. The zero-order valence-corrected chi connectivity index (χ0v) is 16.9. The molecule has 28 heavy (non-hydrogen) atoms. The number of para-hydroxylation sites is 1. The molecule has 3 atom stereocenters. The number of hydrogen-bond acceptors (Lipinski definition) is 3. The maximum Gasteiger partial charge on any atom is 0.264 e. The molecular weight excluding hydrogens is 372 g/mol. The summed E-state index contributed by atoms with van der Waals surface area (Å²) in [4.78, 5) is 13.0. The lowest BCUT2D eigenvalue weighted by Gasteiger charge is -2.28. The van der Waals surface area contributed by atoms with Crippen LogP contribution in [-0.2, 0) is 14.8 Å². The van der Waals surface area contributed by atoms with Crippen molar-refractivity contribution in [3.05, 3.63) is 60.2 Å². The molecule has 1 amide bonds. The van der Waals surface area contributed by atoms with E-state index in [2.05, 4.69) is 5.32 Å². The first-order valence-electron chi connectivity index (χ1n) is 9.88. The van der Waals surface area contributed by atoms with E-state index < -0.39 is 10.0 Å². The monoisotopic (exact) mass is 398 g/mol. The van der Waals surface area contributed by atoms with Crippen LogP contribution in [0, 0.1) is 18.8 Å². The van der Waals surface area contributed by atoms with Crippen molar-refractivity contribution in [3.8, 4) is 0 Å². The Balaban J connectivity index is 1.60. The fourth-order valence-electron chi connectivity index (χ4n) is 4.67. The molecular formula is C22H26N2O3S. The van der Waals surface area contributed by atoms with E-state index in [1.54, 1.807) is 42.5 Å². The van der Waals surface area contributed by atoms with Crippen molar-refractivity contribution in [2.75, 3.05) is 10.8 Å². The van der Waals surface area contributed by atoms with E-state index in [1.807, 2.05) is 19.1 Å². The number of carbonyl (C=O) groups is 1. The van der Waals surface area contributed by atoms with E-state index in [1.165, 1.54) is 23.6 Å². The molecule has 0 spiro atoms. The second-order valence-electron chi connectivity index (χ2n) is 7.96. The number of rotatable bonds is 6. The van der Waals surface area contributed by atoms with Gasteiger partial charge in [-0.25, -0.2) is 8.42 Å². The summed E-state index contributed by atoms with van der Waals surface area (Å²) in [6, 6.07) is 15.7. The Labute approximate surface area is 166 Å². The van der Waals surface area contributed by atoms with Gasteiger partial charge < -0.3 is 5.32 Å². The third-order valence-corrected chi connectivity index (χ3v) is 7.86. The largest absolute Gasteiger partial charge is 0.352 e. The van der Waals surface area contributed by atoms with Gasteiger partial charge in [-0.15, -0.1) is 0 Å². The van der Waals surface area contributed by atoms with E-state index >= 15 is 0 Å². The van der Waals surface area contributed by atoms with Crippen LogP contribution in [0.25, 0.3) is 0 Å². The molecule has 0 unspecified atom stereocenters. The highest BCUT2D eigenvalue weighted by molar-refractivity contribution is 7.92. The van der Waals surface area contributed by atoms with E-state index in [9.17, 15) is 13.2 Å². The van der Waals surface area contributed by atoms with Crippen LogP contribution in [-0.4, -0.2) is 26.9 Å². The molecule has 2 saturated carbocycles. The maximum absolute atomic E-state index is 13.3. The second kappa shape index (κ2) is 7.59. The summed E-state index contributed by atoms with van der Waals surface area (Å²) in [6.45, 7) is 1.65. The molecule has 2 fully saturated rings. The highest BCUT2D eigenvalue weighted by Gasteiger charge is 2.40. The number of carbonyl (C=O) groups excluding carboxylic acids is 1. The van der Waals surface area contributed by atoms with Gasteiger partial charge in [0.05, 0.1) is 10.6 Å². The van der Waals surface area contributed by atoms with Crippen molar-refractivity contribution in [1.29, 1.82) is 0 Å². The molecule has 4 rings (SSSR count). The van der Waals surface area contributed by atoms with Gasteiger partial charge in [-0.3, -0.25) is 9.10 Å². The van der Waals surface area contributed by atoms with E-state index in [-0.39, 0.29) is 23.4 Å². The zero-order valence-electron chi connectivity index (χ0n) is 16.0. The highest BCUT2D eigenvalue weighted by Crippen LogP contribution is 2.44. The number of nitrogens with one attached hydrogen (secondary N) is 1. The molecule has 6 heteroatoms. The minimum Gasteiger partial charge on any atom is -0.352 e. The van der Waals surface area contributed by atoms with E-state index in [0.717, 1.165) is 17.9 Å². The molecule has 0 saturated heterocycles. The Kier molecular flexibility index (Phi) is 5.15. The van der Waals surface area contributed by atoms with Gasteiger partial charge in [-0.05, 0) is 61.8 Å². The van der Waals surface area contributed by atoms with E-state index in [0.29, 0.717) is 11.6 Å². The van der Waals surface area contributed by atoms with Gasteiger partial charge in [0.2, 0.25) is 5.91 Å². The lowest BCUT2D eigenvalue weighted by atomic mass is 9.95. The molecule has 0 radical (unpaired) electrons. The first-order valence-corrected chi connectivity index (χ1v) is 11.3. The standard InChI is InChI=1S/C22H26N2O3S/c1-16-7-5-6-10-21(16)24(28(26,27)19-8-3-2-4-9-19)15-22(25)23-20-14-17-11-12-18(20)13-17/h2-10,17-18,20H,11-15H2,1H3,(H,23,25)/t17-,18-,20+/m0/s1. The lowest BCUT2D eigenvalue weighted by molar-refractivity contribution is -0.120. The van der Waals surface area contributed by atoms with Gasteiger partial charge in [0, 0.05) is 6.04 Å². The Bertz CT molecular complexity index is 959. The van der Waals surface area contributed by atoms with Gasteiger partial charge in [0.1, 0.15) is 6.54 Å². The topological polar surface area (TPSA) is 66.5 Å². The first-order chi connectivity index (χ1) is 13.4. The smallest absolute Gasteiger partial charge is 0.264 e. The zero-order chi connectivity index (χ0) is 19.7. The number of hydrogen-bond donors (Lipinski definition) is 1. The van der Waals surface area contributed by atoms with Crippen molar-refractivity contribution in [3.63, 3.8) is 0 Å². The van der Waals surface area contributed by atoms with Crippen molar-refractivity contribution >= 4 is 21.6 Å². The van der Waals surface area contributed by atoms with Gasteiger partial charge in [0.25, 0.3) is 10.0 Å². The summed E-state index contributed by atoms with van der Waals surface area (Å²) in [5.74, 6) is 1.03. The summed E-state index contributed by atoms with van der Waals surface area (Å²) >= 11 is 0. The SMILES string of the molecule is Cc1ccccc1N(CC(=O)N[C@@H]1C[C@H]2CC[C@H]1C2)S(=O)(=O)c1ccccc1. The molecule has 2 aliphatic rings. The summed E-state index contributed by atoms with van der Waals surface area (Å²) < 4.78 is 27.9. The fraction of sp³-hybridized carbons (Fsp3) is 0.409. The molecule has 1 N–H and O–H groups in total. The van der Waals surface area contributed by atoms with E-state index in [4.69, 9.17) is 0 Å². The molecule has 2 aliphatic carbocycles. The molecule has 0 aromatic heterocycles. The third-order valence-electron chi connectivity index (χ3n) is 6.09. The van der Waals surface area contributed by atoms with Crippen LogP contribution in [0.2, 0.25) is 0 Å². The van der Waals surface area contributed by atoms with Crippen LogP contribution < -0.4 is 9.62 Å². The first kappa shape index (κ1) is 19.0. The van der Waals surface area contributed by atoms with Crippen molar-refractivity contribution in [1.82, 2.24) is 5.32 Å². The molecule has 148 valence electrons. The molecule has 0 aliphatic heterocycles. The third kappa shape index (κ3) is 3.65. The van der Waals surface area contributed by atoms with Crippen LogP contribution in [0.5, 0.6) is 0 Å². The van der Waals surface area contributed by atoms with Crippen LogP contribution in [0.3, 0.4) is 0 Å². The van der Waals surface area contributed by atoms with Gasteiger partial charge in [-0.2, -0.15) is 0 Å². The number of fused-ring (bicyclic) bond motifs is 2. The summed E-state index contributed by atoms with van der Waals surface area (Å²) in [5.41, 5.74) is 1.35. The van der Waals surface area contributed by atoms with Crippen molar-refractivity contribution in [2.24, 2.45) is 11.8 Å². The molecule has 2 aromatic rings. The molecule has 2 bridgehead atoms. The number of nitrogens with zero attached hydrogens (tertiary/aromatic N) is 1. The molecule has 0 heterocycles. The fourth-order valence-corrected chi connectivity index (χ4v) is 6.17. The Morgan fingerprint density at radius 3 is 2.39 bits per heavy atom. The van der Waals surface area contributed by atoms with Crippen molar-refractivity contribution in [2.45, 2.75) is 43.5 Å². The molecule has 2 aromatic carbocycles. The normalized spacial score (nSPS) is 23.5. The quantitative estimate of drug-likeness (QED) is 0.810. The summed E-state index contributed by atoms with van der Waals surface area (Å²) in [7, 11) is -3.84. The highest BCUT2D eigenvalue weighted by atomic mass is 32.2. The number of aryl methyl sites for hydroxylation is 1. The number of sulfonamides is 1. The average molecular weight is 399 g/mol. The average Bonchev–Trinajstić information content (AvgIpc) is 3.30. The summed E-state index contributed by atoms with van der Waals surface area (Å²) in [5, 5.41) is 3.11. The van der Waals surface area contributed by atoms with Crippen LogP contribution >= 0.6 is 0 Å². The summed E-state index contributed by atoms with van der Waals surface area (Å²) in [6.07, 6.45) is 4.63. The van der Waals surface area contributed by atoms with Gasteiger partial charge in [-0.1, -0.05) is 42.8 Å². The minimum atomic E-state index is -3.84. The van der Waals surface area contributed by atoms with Crippen molar-refractivity contribution < 1.29 is 13.2 Å². The predicted octanol–water partition coefficient (Wildman–Crippen LogP) is 3.50. The Morgan fingerprint density at radius 2 is 1.75 bits per heavy atom. The van der Waals surface area contributed by atoms with Gasteiger partial charge in [0.15, 0.2) is 0 Å². The second-order valence-corrected chi connectivity index (χ2v) is 9.82. The maximum atomic E-state index is 13.3. The lowest BCUT2D eigenvalue weighted by Crippen LogP contribution is -2.46. The predicted molar refractivity (Wildman–Crippen MR) is 110 cm³/mol.